The van der Waals surface area contributed by atoms with Crippen molar-refractivity contribution in [2.75, 3.05) is 0 Å². The third kappa shape index (κ3) is 4.56. The molecule has 29 heavy (non-hydrogen) atoms. The highest BCUT2D eigenvalue weighted by Crippen LogP contribution is 2.26. The Labute approximate surface area is 172 Å². The van der Waals surface area contributed by atoms with Crippen molar-refractivity contribution in [1.29, 1.82) is 0 Å². The minimum absolute atomic E-state index is 0.0993. The molecular weight excluding hydrogens is 362 g/mol. The second-order valence-electron chi connectivity index (χ2n) is 8.53. The highest BCUT2D eigenvalue weighted by Gasteiger charge is 2.23. The Morgan fingerprint density at radius 3 is 2.34 bits per heavy atom. The van der Waals surface area contributed by atoms with Gasteiger partial charge >= 0.3 is 5.97 Å². The van der Waals surface area contributed by atoms with Gasteiger partial charge in [0.2, 0.25) is 0 Å². The van der Waals surface area contributed by atoms with Gasteiger partial charge in [0, 0.05) is 11.8 Å². The van der Waals surface area contributed by atoms with Crippen molar-refractivity contribution in [2.24, 2.45) is 0 Å². The van der Waals surface area contributed by atoms with Crippen molar-refractivity contribution in [3.8, 4) is 11.1 Å². The summed E-state index contributed by atoms with van der Waals surface area (Å²) in [6.07, 6.45) is 1.68. The van der Waals surface area contributed by atoms with Gasteiger partial charge in [0.15, 0.2) is 5.82 Å². The van der Waals surface area contributed by atoms with Crippen molar-refractivity contribution in [3.05, 3.63) is 71.3 Å². The Bertz CT molecular complexity index is 998. The molecule has 0 saturated heterocycles. The molecular formula is C24H29N3O2. The van der Waals surface area contributed by atoms with Crippen molar-refractivity contribution >= 4 is 5.97 Å². The highest BCUT2D eigenvalue weighted by molar-refractivity contribution is 5.95. The third-order valence-electron chi connectivity index (χ3n) is 5.17. The Morgan fingerprint density at radius 2 is 1.76 bits per heavy atom. The summed E-state index contributed by atoms with van der Waals surface area (Å²) in [6.45, 7) is 10.7. The summed E-state index contributed by atoms with van der Waals surface area (Å²) in [5.74, 6) is 0.906. The van der Waals surface area contributed by atoms with E-state index in [9.17, 15) is 9.90 Å². The summed E-state index contributed by atoms with van der Waals surface area (Å²) >= 11 is 0. The first-order chi connectivity index (χ1) is 13.7. The van der Waals surface area contributed by atoms with E-state index in [1.165, 1.54) is 0 Å². The molecule has 3 aromatic rings. The summed E-state index contributed by atoms with van der Waals surface area (Å²) in [6, 6.07) is 15.4. The molecule has 152 valence electrons. The number of nitrogens with zero attached hydrogens (tertiary/aromatic N) is 3. The molecule has 1 N–H and O–H groups in total. The van der Waals surface area contributed by atoms with Crippen molar-refractivity contribution in [1.82, 2.24) is 14.8 Å². The number of hydrogen-bond donors (Lipinski definition) is 1. The van der Waals surface area contributed by atoms with Gasteiger partial charge in [0.1, 0.15) is 5.82 Å². The SMILES string of the molecule is CCC(C)n1nc(C(C)(C)C)nc1Cc1ccc(-c2ccccc2C(=O)O)cc1. The first-order valence-corrected chi connectivity index (χ1v) is 10.1. The molecule has 0 bridgehead atoms. The Balaban J connectivity index is 1.91. The van der Waals surface area contributed by atoms with Crippen LogP contribution in [0, 0.1) is 0 Å². The van der Waals surface area contributed by atoms with Crippen LogP contribution < -0.4 is 0 Å². The average molecular weight is 392 g/mol. The van der Waals surface area contributed by atoms with Crippen LogP contribution in [0.3, 0.4) is 0 Å². The van der Waals surface area contributed by atoms with E-state index in [-0.39, 0.29) is 11.5 Å². The van der Waals surface area contributed by atoms with Crippen LogP contribution in [0.2, 0.25) is 0 Å². The minimum Gasteiger partial charge on any atom is -0.478 e. The predicted molar refractivity (Wildman–Crippen MR) is 115 cm³/mol. The van der Waals surface area contributed by atoms with E-state index in [1.54, 1.807) is 12.1 Å². The van der Waals surface area contributed by atoms with E-state index in [0.717, 1.165) is 34.8 Å². The molecule has 3 rings (SSSR count). The molecule has 1 aromatic heterocycles. The zero-order chi connectivity index (χ0) is 21.2. The van der Waals surface area contributed by atoms with Crippen LogP contribution in [0.15, 0.2) is 48.5 Å². The van der Waals surface area contributed by atoms with Gasteiger partial charge in [-0.05, 0) is 36.1 Å². The number of rotatable bonds is 6. The van der Waals surface area contributed by atoms with Crippen LogP contribution in [0.25, 0.3) is 11.1 Å². The largest absolute Gasteiger partial charge is 0.478 e. The predicted octanol–water partition coefficient (Wildman–Crippen LogP) is 5.50. The highest BCUT2D eigenvalue weighted by atomic mass is 16.4. The number of carboxylic acids is 1. The quantitative estimate of drug-likeness (QED) is 0.602. The van der Waals surface area contributed by atoms with Gasteiger partial charge in [-0.3, -0.25) is 0 Å². The number of aromatic nitrogens is 3. The van der Waals surface area contributed by atoms with Gasteiger partial charge in [-0.1, -0.05) is 70.2 Å². The van der Waals surface area contributed by atoms with E-state index in [1.807, 2.05) is 41.1 Å². The van der Waals surface area contributed by atoms with Crippen LogP contribution in [-0.4, -0.2) is 25.8 Å². The van der Waals surface area contributed by atoms with Crippen LogP contribution in [0.1, 0.15) is 74.7 Å². The molecule has 0 spiro atoms. The van der Waals surface area contributed by atoms with Crippen LogP contribution in [-0.2, 0) is 11.8 Å². The smallest absolute Gasteiger partial charge is 0.336 e. The average Bonchev–Trinajstić information content (AvgIpc) is 3.12. The molecule has 5 heteroatoms. The fraction of sp³-hybridized carbons (Fsp3) is 0.375. The first-order valence-electron chi connectivity index (χ1n) is 10.1. The topological polar surface area (TPSA) is 68.0 Å². The third-order valence-corrected chi connectivity index (χ3v) is 5.17. The summed E-state index contributed by atoms with van der Waals surface area (Å²) in [5.41, 5.74) is 2.96. The maximum absolute atomic E-state index is 11.5. The molecule has 0 amide bonds. The second kappa shape index (κ2) is 8.19. The van der Waals surface area contributed by atoms with Crippen molar-refractivity contribution < 1.29 is 9.90 Å². The van der Waals surface area contributed by atoms with Crippen molar-refractivity contribution in [2.45, 2.75) is 58.9 Å². The molecule has 1 atom stereocenters. The fourth-order valence-electron chi connectivity index (χ4n) is 3.23. The number of hydrogen-bond acceptors (Lipinski definition) is 3. The zero-order valence-electron chi connectivity index (χ0n) is 17.8. The lowest BCUT2D eigenvalue weighted by atomic mass is 9.96. The first kappa shape index (κ1) is 20.8. The van der Waals surface area contributed by atoms with Crippen LogP contribution >= 0.6 is 0 Å². The van der Waals surface area contributed by atoms with Crippen molar-refractivity contribution in [3.63, 3.8) is 0 Å². The fourth-order valence-corrected chi connectivity index (χ4v) is 3.23. The number of carboxylic acid groups (broad SMARTS) is 1. The van der Waals surface area contributed by atoms with Crippen LogP contribution in [0.4, 0.5) is 0 Å². The Hall–Kier alpha value is -2.95. The second-order valence-corrected chi connectivity index (χ2v) is 8.53. The van der Waals surface area contributed by atoms with Gasteiger partial charge < -0.3 is 5.11 Å². The van der Waals surface area contributed by atoms with Gasteiger partial charge in [0.05, 0.1) is 11.6 Å². The monoisotopic (exact) mass is 391 g/mol. The zero-order valence-corrected chi connectivity index (χ0v) is 17.8. The van der Waals surface area contributed by atoms with E-state index in [0.29, 0.717) is 12.0 Å². The van der Waals surface area contributed by atoms with Gasteiger partial charge in [0.25, 0.3) is 0 Å². The summed E-state index contributed by atoms with van der Waals surface area (Å²) in [7, 11) is 0. The summed E-state index contributed by atoms with van der Waals surface area (Å²) in [5, 5.41) is 14.2. The normalized spacial score (nSPS) is 12.7. The van der Waals surface area contributed by atoms with E-state index in [2.05, 4.69) is 34.6 Å². The van der Waals surface area contributed by atoms with Gasteiger partial charge in [-0.25, -0.2) is 14.5 Å². The summed E-state index contributed by atoms with van der Waals surface area (Å²) in [4.78, 5) is 16.3. The van der Waals surface area contributed by atoms with Crippen LogP contribution in [0.5, 0.6) is 0 Å². The molecule has 0 aliphatic rings. The lowest BCUT2D eigenvalue weighted by molar-refractivity contribution is 0.0697. The Kier molecular flexibility index (Phi) is 5.87. The van der Waals surface area contributed by atoms with E-state index in [4.69, 9.17) is 10.1 Å². The maximum atomic E-state index is 11.5. The Morgan fingerprint density at radius 1 is 1.10 bits per heavy atom. The lowest BCUT2D eigenvalue weighted by Gasteiger charge is -2.14. The lowest BCUT2D eigenvalue weighted by Crippen LogP contribution is -2.15. The molecule has 2 aromatic carbocycles. The number of benzene rings is 2. The molecule has 0 aliphatic carbocycles. The van der Waals surface area contributed by atoms with E-state index < -0.39 is 5.97 Å². The molecule has 5 nitrogen and oxygen atoms in total. The molecule has 1 heterocycles. The molecule has 0 aliphatic heterocycles. The number of aromatic carboxylic acids is 1. The molecule has 0 saturated carbocycles. The summed E-state index contributed by atoms with van der Waals surface area (Å²) < 4.78 is 2.05. The standard InChI is InChI=1S/C24H29N3O2/c1-6-16(2)27-21(25-23(26-27)24(3,4)5)15-17-11-13-18(14-12-17)19-9-7-8-10-20(19)22(28)29/h7-14,16H,6,15H2,1-5H3,(H,28,29). The molecule has 0 fully saturated rings. The van der Waals surface area contributed by atoms with Gasteiger partial charge in [-0.2, -0.15) is 5.10 Å². The molecule has 0 radical (unpaired) electrons. The maximum Gasteiger partial charge on any atom is 0.336 e. The van der Waals surface area contributed by atoms with E-state index >= 15 is 0 Å². The molecule has 1 unspecified atom stereocenters. The number of carbonyl (C=O) groups is 1. The minimum atomic E-state index is -0.916. The van der Waals surface area contributed by atoms with Gasteiger partial charge in [-0.15, -0.1) is 0 Å².